The molecule has 0 fully saturated rings. The molecule has 0 amide bonds. The van der Waals surface area contributed by atoms with Crippen LogP contribution in [0.25, 0.3) is 0 Å². The molecule has 2 rings (SSSR count). The second-order valence-corrected chi connectivity index (χ2v) is 5.47. The van der Waals surface area contributed by atoms with Gasteiger partial charge in [-0.15, -0.1) is 11.3 Å². The van der Waals surface area contributed by atoms with Gasteiger partial charge in [0, 0.05) is 17.1 Å². The van der Waals surface area contributed by atoms with Gasteiger partial charge in [-0.05, 0) is 31.3 Å². The van der Waals surface area contributed by atoms with Gasteiger partial charge in [0.15, 0.2) is 4.77 Å². The number of H-pyrrole nitrogens is 1. The Morgan fingerprint density at radius 3 is 2.81 bits per heavy atom. The van der Waals surface area contributed by atoms with Gasteiger partial charge >= 0.3 is 0 Å². The molecule has 0 aliphatic heterocycles. The van der Waals surface area contributed by atoms with Gasteiger partial charge in [0.25, 0.3) is 5.56 Å². The van der Waals surface area contributed by atoms with Gasteiger partial charge in [-0.1, -0.05) is 11.6 Å². The highest BCUT2D eigenvalue weighted by atomic mass is 35.5. The molecule has 0 spiro atoms. The number of aromatic nitrogens is 2. The maximum Gasteiger partial charge on any atom is 0.251 e. The average Bonchev–Trinajstić information content (AvgIpc) is 2.64. The summed E-state index contributed by atoms with van der Waals surface area (Å²) in [6.07, 6.45) is 1.69. The Kier molecular flexibility index (Phi) is 3.28. The van der Waals surface area contributed by atoms with Crippen LogP contribution in [-0.4, -0.2) is 9.55 Å². The van der Waals surface area contributed by atoms with Crippen molar-refractivity contribution in [2.45, 2.75) is 13.0 Å². The lowest BCUT2D eigenvalue weighted by Crippen LogP contribution is -2.14. The molecule has 3 nitrogen and oxygen atoms in total. The highest BCUT2D eigenvalue weighted by Gasteiger charge is 2.10. The number of rotatable bonds is 2. The minimum Gasteiger partial charge on any atom is -0.317 e. The Bertz CT molecular complexity index is 614. The summed E-state index contributed by atoms with van der Waals surface area (Å²) >= 11 is 12.5. The number of hydrogen-bond donors (Lipinski definition) is 1. The van der Waals surface area contributed by atoms with E-state index in [-0.39, 0.29) is 11.6 Å². The lowest BCUT2D eigenvalue weighted by molar-refractivity contribution is 0.619. The summed E-state index contributed by atoms with van der Waals surface area (Å²) in [5, 5.41) is 0. The van der Waals surface area contributed by atoms with Gasteiger partial charge in [0.2, 0.25) is 0 Å². The van der Waals surface area contributed by atoms with Gasteiger partial charge in [0.1, 0.15) is 0 Å². The maximum atomic E-state index is 11.1. The lowest BCUT2D eigenvalue weighted by Gasteiger charge is -2.13. The van der Waals surface area contributed by atoms with Crippen LogP contribution in [0.1, 0.15) is 17.8 Å². The zero-order valence-corrected chi connectivity index (χ0v) is 10.8. The quantitative estimate of drug-likeness (QED) is 0.853. The van der Waals surface area contributed by atoms with Crippen molar-refractivity contribution in [2.24, 2.45) is 0 Å². The van der Waals surface area contributed by atoms with Crippen molar-refractivity contribution in [3.8, 4) is 0 Å². The standard InChI is InChI=1S/C10H9ClN2OS2/c1-6(7-2-3-8(11)16-7)13-5-4-9(14)12-10(13)15/h2-6H,1H3,(H,12,14,15). The molecule has 16 heavy (non-hydrogen) atoms. The number of nitrogens with zero attached hydrogens (tertiary/aromatic N) is 1. The largest absolute Gasteiger partial charge is 0.317 e. The van der Waals surface area contributed by atoms with Crippen LogP contribution in [0, 0.1) is 4.77 Å². The van der Waals surface area contributed by atoms with E-state index in [0.717, 1.165) is 9.21 Å². The smallest absolute Gasteiger partial charge is 0.251 e. The molecule has 1 unspecified atom stereocenters. The summed E-state index contributed by atoms with van der Waals surface area (Å²) < 4.78 is 3.00. The number of aromatic amines is 1. The highest BCUT2D eigenvalue weighted by Crippen LogP contribution is 2.28. The molecule has 6 heteroatoms. The maximum absolute atomic E-state index is 11.1. The molecule has 0 saturated heterocycles. The van der Waals surface area contributed by atoms with Gasteiger partial charge in [-0.2, -0.15) is 0 Å². The van der Waals surface area contributed by atoms with E-state index >= 15 is 0 Å². The topological polar surface area (TPSA) is 37.8 Å². The van der Waals surface area contributed by atoms with Gasteiger partial charge < -0.3 is 4.57 Å². The predicted molar refractivity (Wildman–Crippen MR) is 69.0 cm³/mol. The summed E-state index contributed by atoms with van der Waals surface area (Å²) in [5.41, 5.74) is -0.183. The van der Waals surface area contributed by atoms with Crippen LogP contribution in [0.2, 0.25) is 4.34 Å². The van der Waals surface area contributed by atoms with Gasteiger partial charge in [0.05, 0.1) is 10.4 Å². The van der Waals surface area contributed by atoms with E-state index in [2.05, 4.69) is 4.98 Å². The first-order valence-corrected chi connectivity index (χ1v) is 6.25. The molecule has 0 bridgehead atoms. The minimum atomic E-state index is -0.183. The predicted octanol–water partition coefficient (Wildman–Crippen LogP) is 3.23. The van der Waals surface area contributed by atoms with E-state index < -0.39 is 0 Å². The van der Waals surface area contributed by atoms with Crippen LogP contribution in [0.4, 0.5) is 0 Å². The molecule has 0 saturated carbocycles. The Labute approximate surface area is 106 Å². The van der Waals surface area contributed by atoms with Crippen molar-refractivity contribution in [2.75, 3.05) is 0 Å². The molecule has 0 aromatic carbocycles. The molecule has 2 aromatic rings. The van der Waals surface area contributed by atoms with Crippen molar-refractivity contribution >= 4 is 35.2 Å². The van der Waals surface area contributed by atoms with Crippen molar-refractivity contribution in [1.29, 1.82) is 0 Å². The van der Waals surface area contributed by atoms with E-state index in [4.69, 9.17) is 23.8 Å². The van der Waals surface area contributed by atoms with Gasteiger partial charge in [-0.3, -0.25) is 9.78 Å². The fourth-order valence-electron chi connectivity index (χ4n) is 1.42. The average molecular weight is 273 g/mol. The van der Waals surface area contributed by atoms with Crippen LogP contribution in [-0.2, 0) is 0 Å². The molecule has 84 valence electrons. The molecule has 0 aliphatic rings. The third-order valence-corrected chi connectivity index (χ3v) is 3.99. The summed E-state index contributed by atoms with van der Waals surface area (Å²) in [4.78, 5) is 14.7. The molecule has 0 radical (unpaired) electrons. The number of halogens is 1. The van der Waals surface area contributed by atoms with E-state index in [0.29, 0.717) is 4.77 Å². The summed E-state index contributed by atoms with van der Waals surface area (Å²) in [5.74, 6) is 0. The molecular formula is C10H9ClN2OS2. The van der Waals surface area contributed by atoms with Crippen LogP contribution in [0.5, 0.6) is 0 Å². The number of nitrogens with one attached hydrogen (secondary N) is 1. The molecule has 2 aromatic heterocycles. The Morgan fingerprint density at radius 1 is 1.50 bits per heavy atom. The van der Waals surface area contributed by atoms with E-state index in [1.807, 2.05) is 23.6 Å². The van der Waals surface area contributed by atoms with Crippen molar-refractivity contribution in [3.05, 3.63) is 48.7 Å². The van der Waals surface area contributed by atoms with Gasteiger partial charge in [-0.25, -0.2) is 0 Å². The molecule has 1 N–H and O–H groups in total. The lowest BCUT2D eigenvalue weighted by atomic mass is 10.3. The Balaban J connectivity index is 2.45. The van der Waals surface area contributed by atoms with Crippen LogP contribution >= 0.6 is 35.2 Å². The fraction of sp³-hybridized carbons (Fsp3) is 0.200. The summed E-state index contributed by atoms with van der Waals surface area (Å²) in [6, 6.07) is 5.35. The third-order valence-electron chi connectivity index (χ3n) is 2.27. The number of hydrogen-bond acceptors (Lipinski definition) is 3. The summed E-state index contributed by atoms with van der Waals surface area (Å²) in [7, 11) is 0. The monoisotopic (exact) mass is 272 g/mol. The molecule has 0 aliphatic carbocycles. The van der Waals surface area contributed by atoms with Crippen LogP contribution in [0.3, 0.4) is 0 Å². The zero-order chi connectivity index (χ0) is 11.7. The first-order valence-electron chi connectivity index (χ1n) is 4.64. The van der Waals surface area contributed by atoms with Crippen molar-refractivity contribution in [3.63, 3.8) is 0 Å². The second kappa shape index (κ2) is 4.53. The third kappa shape index (κ3) is 2.26. The van der Waals surface area contributed by atoms with E-state index in [9.17, 15) is 4.79 Å². The Hall–Kier alpha value is -0.910. The molecular weight excluding hydrogens is 264 g/mol. The summed E-state index contributed by atoms with van der Waals surface area (Å²) in [6.45, 7) is 2.01. The first kappa shape index (κ1) is 11.6. The normalized spacial score (nSPS) is 12.6. The fourth-order valence-corrected chi connectivity index (χ4v) is 2.85. The Morgan fingerprint density at radius 2 is 2.25 bits per heavy atom. The highest BCUT2D eigenvalue weighted by molar-refractivity contribution is 7.71. The number of thiophene rings is 1. The van der Waals surface area contributed by atoms with E-state index in [1.165, 1.54) is 17.4 Å². The first-order chi connectivity index (χ1) is 7.58. The second-order valence-electron chi connectivity index (χ2n) is 3.34. The van der Waals surface area contributed by atoms with Crippen molar-refractivity contribution < 1.29 is 0 Å². The molecule has 1 atom stereocenters. The van der Waals surface area contributed by atoms with Crippen LogP contribution < -0.4 is 5.56 Å². The zero-order valence-electron chi connectivity index (χ0n) is 8.44. The SMILES string of the molecule is CC(c1ccc(Cl)s1)n1ccc(=O)[nH]c1=S. The molecule has 2 heterocycles. The van der Waals surface area contributed by atoms with Crippen molar-refractivity contribution in [1.82, 2.24) is 9.55 Å². The van der Waals surface area contributed by atoms with E-state index in [1.54, 1.807) is 6.20 Å². The van der Waals surface area contributed by atoms with Crippen LogP contribution in [0.15, 0.2) is 29.2 Å². The minimum absolute atomic E-state index is 0.0712.